The fraction of sp³-hybridized carbons (Fsp3) is 0.391. The van der Waals surface area contributed by atoms with Crippen LogP contribution in [0.2, 0.25) is 0 Å². The van der Waals surface area contributed by atoms with Crippen molar-refractivity contribution in [3.05, 3.63) is 46.3 Å². The van der Waals surface area contributed by atoms with Gasteiger partial charge >= 0.3 is 0 Å². The molecule has 0 saturated carbocycles. The van der Waals surface area contributed by atoms with Gasteiger partial charge in [-0.3, -0.25) is 9.59 Å². The molecule has 1 aromatic heterocycles. The first-order valence-electron chi connectivity index (χ1n) is 10.5. The van der Waals surface area contributed by atoms with Crippen LogP contribution in [0.15, 0.2) is 41.4 Å². The number of thiophene rings is 1. The highest BCUT2D eigenvalue weighted by molar-refractivity contribution is 7.11. The van der Waals surface area contributed by atoms with Crippen molar-refractivity contribution in [2.75, 3.05) is 51.3 Å². The number of carbonyl (C=O) groups excluding carboxylic acids is 2. The van der Waals surface area contributed by atoms with Gasteiger partial charge in [0.1, 0.15) is 5.70 Å². The van der Waals surface area contributed by atoms with Gasteiger partial charge in [-0.05, 0) is 44.5 Å². The standard InChI is InChI=1S/C23H27N3O4S/c1-4-29-17-9-8-16(15-18(17)30-5-2)26-22(27)20(19-7-6-14-31-19)21(23(26)28)25-12-10-24(3)11-13-25/h6-9,14-15H,4-5,10-13H2,1-3H3. The van der Waals surface area contributed by atoms with Gasteiger partial charge in [0.2, 0.25) is 0 Å². The highest BCUT2D eigenvalue weighted by Crippen LogP contribution is 2.39. The lowest BCUT2D eigenvalue weighted by Gasteiger charge is -2.34. The monoisotopic (exact) mass is 441 g/mol. The van der Waals surface area contributed by atoms with E-state index in [1.165, 1.54) is 16.2 Å². The van der Waals surface area contributed by atoms with Crippen LogP contribution in [0.5, 0.6) is 11.5 Å². The lowest BCUT2D eigenvalue weighted by Crippen LogP contribution is -2.46. The number of piperazine rings is 1. The molecule has 31 heavy (non-hydrogen) atoms. The van der Waals surface area contributed by atoms with Gasteiger partial charge in [-0.1, -0.05) is 6.07 Å². The molecule has 0 bridgehead atoms. The first kappa shape index (κ1) is 21.4. The molecule has 164 valence electrons. The maximum absolute atomic E-state index is 13.6. The minimum absolute atomic E-state index is 0.287. The van der Waals surface area contributed by atoms with Crippen molar-refractivity contribution >= 4 is 34.4 Å². The average Bonchev–Trinajstić information content (AvgIpc) is 3.37. The zero-order valence-corrected chi connectivity index (χ0v) is 18.9. The van der Waals surface area contributed by atoms with Gasteiger partial charge in [-0.25, -0.2) is 4.90 Å². The molecule has 0 unspecified atom stereocenters. The predicted molar refractivity (Wildman–Crippen MR) is 122 cm³/mol. The number of ether oxygens (including phenoxy) is 2. The third-order valence-corrected chi connectivity index (χ3v) is 6.32. The molecule has 2 aliphatic rings. The molecule has 1 aromatic carbocycles. The lowest BCUT2D eigenvalue weighted by atomic mass is 10.1. The Bertz CT molecular complexity index is 994. The molecular formula is C23H27N3O4S. The minimum atomic E-state index is -0.298. The smallest absolute Gasteiger partial charge is 0.282 e. The molecule has 0 spiro atoms. The third-order valence-electron chi connectivity index (χ3n) is 5.43. The molecule has 4 rings (SSSR count). The number of amides is 2. The molecule has 0 N–H and O–H groups in total. The van der Waals surface area contributed by atoms with Crippen LogP contribution in [0, 0.1) is 0 Å². The summed E-state index contributed by atoms with van der Waals surface area (Å²) in [7, 11) is 2.06. The first-order valence-corrected chi connectivity index (χ1v) is 11.4. The van der Waals surface area contributed by atoms with E-state index in [2.05, 4.69) is 11.9 Å². The second kappa shape index (κ2) is 9.11. The number of benzene rings is 1. The predicted octanol–water partition coefficient (Wildman–Crippen LogP) is 3.08. The van der Waals surface area contributed by atoms with Crippen molar-refractivity contribution in [2.45, 2.75) is 13.8 Å². The fourth-order valence-corrected chi connectivity index (χ4v) is 4.66. The summed E-state index contributed by atoms with van der Waals surface area (Å²) in [6.45, 7) is 7.85. The normalized spacial score (nSPS) is 17.6. The van der Waals surface area contributed by atoms with E-state index >= 15 is 0 Å². The maximum atomic E-state index is 13.6. The SMILES string of the molecule is CCOc1ccc(N2C(=O)C(c3cccs3)=C(N3CCN(C)CC3)C2=O)cc1OCC. The topological polar surface area (TPSA) is 62.3 Å². The Balaban J connectivity index is 1.74. The van der Waals surface area contributed by atoms with Crippen LogP contribution in [0.1, 0.15) is 18.7 Å². The number of imide groups is 1. The van der Waals surface area contributed by atoms with E-state index in [1.807, 2.05) is 36.3 Å². The van der Waals surface area contributed by atoms with E-state index in [-0.39, 0.29) is 11.8 Å². The first-order chi connectivity index (χ1) is 15.0. The van der Waals surface area contributed by atoms with Crippen LogP contribution in [0.3, 0.4) is 0 Å². The van der Waals surface area contributed by atoms with Gasteiger partial charge in [0, 0.05) is 37.1 Å². The number of hydrogen-bond donors (Lipinski definition) is 0. The Morgan fingerprint density at radius 2 is 1.65 bits per heavy atom. The zero-order chi connectivity index (χ0) is 22.0. The zero-order valence-electron chi connectivity index (χ0n) is 18.1. The van der Waals surface area contributed by atoms with Gasteiger partial charge in [0.15, 0.2) is 11.5 Å². The van der Waals surface area contributed by atoms with Crippen molar-refractivity contribution in [2.24, 2.45) is 0 Å². The molecule has 1 saturated heterocycles. The highest BCUT2D eigenvalue weighted by atomic mass is 32.1. The molecule has 2 amide bonds. The van der Waals surface area contributed by atoms with E-state index in [1.54, 1.807) is 18.2 Å². The van der Waals surface area contributed by atoms with Crippen LogP contribution in [0.25, 0.3) is 5.57 Å². The summed E-state index contributed by atoms with van der Waals surface area (Å²) in [6.07, 6.45) is 0. The molecule has 2 aliphatic heterocycles. The van der Waals surface area contributed by atoms with Gasteiger partial charge < -0.3 is 19.3 Å². The molecule has 8 heteroatoms. The molecule has 2 aromatic rings. The third kappa shape index (κ3) is 4.05. The lowest BCUT2D eigenvalue weighted by molar-refractivity contribution is -0.120. The summed E-state index contributed by atoms with van der Waals surface area (Å²) in [5.41, 5.74) is 1.46. The van der Waals surface area contributed by atoms with Gasteiger partial charge in [-0.15, -0.1) is 11.3 Å². The van der Waals surface area contributed by atoms with Crippen molar-refractivity contribution in [3.8, 4) is 11.5 Å². The Hall–Kier alpha value is -2.84. The number of rotatable bonds is 7. The summed E-state index contributed by atoms with van der Waals surface area (Å²) in [5.74, 6) is 0.531. The molecule has 0 aliphatic carbocycles. The number of likely N-dealkylation sites (N-methyl/N-ethyl adjacent to an activating group) is 1. The summed E-state index contributed by atoms with van der Waals surface area (Å²) in [5, 5.41) is 1.93. The molecule has 1 fully saturated rings. The maximum Gasteiger partial charge on any atom is 0.282 e. The van der Waals surface area contributed by atoms with Crippen molar-refractivity contribution in [3.63, 3.8) is 0 Å². The number of nitrogens with zero attached hydrogens (tertiary/aromatic N) is 3. The van der Waals surface area contributed by atoms with E-state index in [0.717, 1.165) is 18.0 Å². The van der Waals surface area contributed by atoms with E-state index < -0.39 is 0 Å². The Morgan fingerprint density at radius 3 is 2.29 bits per heavy atom. The van der Waals surface area contributed by atoms with Gasteiger partial charge in [0.05, 0.1) is 24.5 Å². The van der Waals surface area contributed by atoms with Crippen LogP contribution >= 0.6 is 11.3 Å². The number of anilines is 1. The quantitative estimate of drug-likeness (QED) is 0.616. The van der Waals surface area contributed by atoms with Gasteiger partial charge in [-0.2, -0.15) is 0 Å². The number of hydrogen-bond acceptors (Lipinski definition) is 7. The fourth-order valence-electron chi connectivity index (χ4n) is 3.90. The largest absolute Gasteiger partial charge is 0.490 e. The molecule has 3 heterocycles. The van der Waals surface area contributed by atoms with Crippen LogP contribution in [-0.4, -0.2) is 68.1 Å². The van der Waals surface area contributed by atoms with E-state index in [4.69, 9.17) is 9.47 Å². The summed E-state index contributed by atoms with van der Waals surface area (Å²) in [6, 6.07) is 9.00. The van der Waals surface area contributed by atoms with E-state index in [9.17, 15) is 9.59 Å². The summed E-state index contributed by atoms with van der Waals surface area (Å²) >= 11 is 1.47. The van der Waals surface area contributed by atoms with Crippen molar-refractivity contribution in [1.82, 2.24) is 9.80 Å². The van der Waals surface area contributed by atoms with Crippen LogP contribution in [-0.2, 0) is 9.59 Å². The summed E-state index contributed by atoms with van der Waals surface area (Å²) < 4.78 is 11.3. The van der Waals surface area contributed by atoms with Crippen molar-refractivity contribution in [1.29, 1.82) is 0 Å². The molecule has 7 nitrogen and oxygen atoms in total. The number of carbonyl (C=O) groups is 2. The van der Waals surface area contributed by atoms with Crippen LogP contribution in [0.4, 0.5) is 5.69 Å². The summed E-state index contributed by atoms with van der Waals surface area (Å²) in [4.78, 5) is 33.5. The average molecular weight is 442 g/mol. The highest BCUT2D eigenvalue weighted by Gasteiger charge is 2.43. The molecule has 0 radical (unpaired) electrons. The Morgan fingerprint density at radius 1 is 0.935 bits per heavy atom. The second-order valence-electron chi connectivity index (χ2n) is 7.43. The van der Waals surface area contributed by atoms with Crippen molar-refractivity contribution < 1.29 is 19.1 Å². The minimum Gasteiger partial charge on any atom is -0.490 e. The van der Waals surface area contributed by atoms with Crippen LogP contribution < -0.4 is 14.4 Å². The Kier molecular flexibility index (Phi) is 6.29. The van der Waals surface area contributed by atoms with Gasteiger partial charge in [0.25, 0.3) is 11.8 Å². The Labute approximate surface area is 186 Å². The van der Waals surface area contributed by atoms with E-state index in [0.29, 0.717) is 54.8 Å². The second-order valence-corrected chi connectivity index (χ2v) is 8.38. The molecular weight excluding hydrogens is 414 g/mol. The molecule has 0 atom stereocenters.